The molecule has 2 unspecified atom stereocenters. The van der Waals surface area contributed by atoms with Crippen molar-refractivity contribution in [3.8, 4) is 0 Å². The van der Waals surface area contributed by atoms with E-state index in [1.54, 1.807) is 25.8 Å². The maximum Gasteiger partial charge on any atom is 0.226 e. The molecular weight excluding hydrogens is 166 g/mol. The van der Waals surface area contributed by atoms with Gasteiger partial charge >= 0.3 is 0 Å². The highest BCUT2D eigenvalue weighted by atomic mass is 16.2. The second-order valence-corrected chi connectivity index (χ2v) is 3.83. The average Bonchev–Trinajstić information content (AvgIpc) is 2.12. The monoisotopic (exact) mass is 185 g/mol. The van der Waals surface area contributed by atoms with Gasteiger partial charge in [-0.05, 0) is 13.8 Å². The highest BCUT2D eigenvalue weighted by Gasteiger charge is 2.23. The number of aldehydes is 1. The van der Waals surface area contributed by atoms with E-state index >= 15 is 0 Å². The zero-order valence-corrected chi connectivity index (χ0v) is 9.07. The van der Waals surface area contributed by atoms with E-state index in [4.69, 9.17) is 0 Å². The molecule has 0 aliphatic carbocycles. The van der Waals surface area contributed by atoms with Gasteiger partial charge in [0.1, 0.15) is 6.29 Å². The molecule has 0 aliphatic heterocycles. The van der Waals surface area contributed by atoms with Gasteiger partial charge in [0, 0.05) is 24.9 Å². The summed E-state index contributed by atoms with van der Waals surface area (Å²) >= 11 is 0. The van der Waals surface area contributed by atoms with Crippen LogP contribution in [0.3, 0.4) is 0 Å². The number of carbonyl (C=O) groups excluding carboxylic acids is 2. The SMILES string of the molecule is CC(C=O)C(C)C(=O)N(C)C(C)C. The highest BCUT2D eigenvalue weighted by Crippen LogP contribution is 2.12. The van der Waals surface area contributed by atoms with E-state index in [1.165, 1.54) is 0 Å². The summed E-state index contributed by atoms with van der Waals surface area (Å²) in [5.41, 5.74) is 0. The van der Waals surface area contributed by atoms with E-state index < -0.39 is 0 Å². The Hall–Kier alpha value is -0.860. The number of hydrogen-bond donors (Lipinski definition) is 0. The van der Waals surface area contributed by atoms with Crippen LogP contribution in [-0.4, -0.2) is 30.2 Å². The quantitative estimate of drug-likeness (QED) is 0.619. The van der Waals surface area contributed by atoms with Gasteiger partial charge in [0.25, 0.3) is 0 Å². The van der Waals surface area contributed by atoms with E-state index in [0.29, 0.717) is 0 Å². The van der Waals surface area contributed by atoms with Gasteiger partial charge < -0.3 is 9.69 Å². The molecule has 1 amide bonds. The van der Waals surface area contributed by atoms with Crippen molar-refractivity contribution >= 4 is 12.2 Å². The van der Waals surface area contributed by atoms with Gasteiger partial charge in [0.2, 0.25) is 5.91 Å². The third kappa shape index (κ3) is 3.17. The largest absolute Gasteiger partial charge is 0.343 e. The topological polar surface area (TPSA) is 37.4 Å². The minimum atomic E-state index is -0.218. The van der Waals surface area contributed by atoms with Crippen molar-refractivity contribution in [2.24, 2.45) is 11.8 Å². The van der Waals surface area contributed by atoms with Gasteiger partial charge in [-0.15, -0.1) is 0 Å². The predicted octanol–water partition coefficient (Wildman–Crippen LogP) is 1.32. The summed E-state index contributed by atoms with van der Waals surface area (Å²) in [6.07, 6.45) is 0.830. The van der Waals surface area contributed by atoms with Gasteiger partial charge in [0.15, 0.2) is 0 Å². The summed E-state index contributed by atoms with van der Waals surface area (Å²) in [5, 5.41) is 0. The van der Waals surface area contributed by atoms with Gasteiger partial charge in [-0.25, -0.2) is 0 Å². The first-order valence-electron chi connectivity index (χ1n) is 4.63. The van der Waals surface area contributed by atoms with Crippen molar-refractivity contribution in [2.45, 2.75) is 33.7 Å². The number of nitrogens with zero attached hydrogens (tertiary/aromatic N) is 1. The average molecular weight is 185 g/mol. The summed E-state index contributed by atoms with van der Waals surface area (Å²) in [6.45, 7) is 7.47. The van der Waals surface area contributed by atoms with Gasteiger partial charge in [-0.1, -0.05) is 13.8 Å². The van der Waals surface area contributed by atoms with Crippen molar-refractivity contribution in [3.05, 3.63) is 0 Å². The smallest absolute Gasteiger partial charge is 0.226 e. The molecule has 0 bridgehead atoms. The van der Waals surface area contributed by atoms with Crippen LogP contribution in [0.2, 0.25) is 0 Å². The lowest BCUT2D eigenvalue weighted by molar-refractivity contribution is -0.138. The maximum absolute atomic E-state index is 11.7. The van der Waals surface area contributed by atoms with Crippen LogP contribution in [0.4, 0.5) is 0 Å². The number of amides is 1. The lowest BCUT2D eigenvalue weighted by Crippen LogP contribution is -2.39. The minimum Gasteiger partial charge on any atom is -0.343 e. The fourth-order valence-corrected chi connectivity index (χ4v) is 0.918. The van der Waals surface area contributed by atoms with Crippen molar-refractivity contribution in [1.29, 1.82) is 0 Å². The number of hydrogen-bond acceptors (Lipinski definition) is 2. The molecule has 0 spiro atoms. The summed E-state index contributed by atoms with van der Waals surface area (Å²) < 4.78 is 0. The van der Waals surface area contributed by atoms with Gasteiger partial charge in [-0.3, -0.25) is 4.79 Å². The molecule has 0 saturated carbocycles. The molecule has 3 nitrogen and oxygen atoms in total. The maximum atomic E-state index is 11.7. The number of carbonyl (C=O) groups is 2. The van der Waals surface area contributed by atoms with Crippen LogP contribution >= 0.6 is 0 Å². The van der Waals surface area contributed by atoms with Gasteiger partial charge in [0.05, 0.1) is 0 Å². The first-order valence-corrected chi connectivity index (χ1v) is 4.63. The Morgan fingerprint density at radius 3 is 2.00 bits per heavy atom. The lowest BCUT2D eigenvalue weighted by Gasteiger charge is -2.26. The molecule has 3 heteroatoms. The Kier molecular flexibility index (Phi) is 4.67. The molecule has 0 radical (unpaired) electrons. The highest BCUT2D eigenvalue weighted by molar-refractivity contribution is 5.81. The van der Waals surface area contributed by atoms with E-state index in [9.17, 15) is 9.59 Å². The Labute approximate surface area is 80.1 Å². The Morgan fingerprint density at radius 2 is 1.69 bits per heavy atom. The normalized spacial score (nSPS) is 15.2. The molecule has 13 heavy (non-hydrogen) atoms. The van der Waals surface area contributed by atoms with Crippen LogP contribution < -0.4 is 0 Å². The summed E-state index contributed by atoms with van der Waals surface area (Å²) in [5.74, 6) is -0.381. The van der Waals surface area contributed by atoms with Crippen molar-refractivity contribution in [1.82, 2.24) is 4.90 Å². The standard InChI is InChI=1S/C10H19NO2/c1-7(2)11(5)10(13)9(4)8(3)6-12/h6-9H,1-5H3. The molecule has 0 aromatic carbocycles. The molecular formula is C10H19NO2. The van der Waals surface area contributed by atoms with Crippen molar-refractivity contribution in [3.63, 3.8) is 0 Å². The third-order valence-corrected chi connectivity index (χ3v) is 2.52. The molecule has 0 fully saturated rings. The Bertz CT molecular complexity index is 189. The third-order valence-electron chi connectivity index (χ3n) is 2.52. The predicted molar refractivity (Wildman–Crippen MR) is 52.3 cm³/mol. The molecule has 0 N–H and O–H groups in total. The van der Waals surface area contributed by atoms with Crippen LogP contribution in [0.25, 0.3) is 0 Å². The Morgan fingerprint density at radius 1 is 1.23 bits per heavy atom. The molecule has 0 rings (SSSR count). The molecule has 0 aromatic rings. The van der Waals surface area contributed by atoms with Crippen LogP contribution in [0.1, 0.15) is 27.7 Å². The number of rotatable bonds is 4. The van der Waals surface area contributed by atoms with E-state index in [2.05, 4.69) is 0 Å². The first-order chi connectivity index (χ1) is 5.91. The molecule has 0 aliphatic rings. The van der Waals surface area contributed by atoms with E-state index in [0.717, 1.165) is 6.29 Å². The van der Waals surface area contributed by atoms with Crippen molar-refractivity contribution in [2.75, 3.05) is 7.05 Å². The lowest BCUT2D eigenvalue weighted by atomic mass is 9.96. The summed E-state index contributed by atoms with van der Waals surface area (Å²) in [7, 11) is 1.76. The van der Waals surface area contributed by atoms with E-state index in [1.807, 2.05) is 13.8 Å². The van der Waals surface area contributed by atoms with Crippen LogP contribution in [0.5, 0.6) is 0 Å². The molecule has 76 valence electrons. The fraction of sp³-hybridized carbons (Fsp3) is 0.800. The van der Waals surface area contributed by atoms with E-state index in [-0.39, 0.29) is 23.8 Å². The second-order valence-electron chi connectivity index (χ2n) is 3.83. The first kappa shape index (κ1) is 12.1. The zero-order chi connectivity index (χ0) is 10.6. The summed E-state index contributed by atoms with van der Waals surface area (Å²) in [6, 6.07) is 0.189. The Balaban J connectivity index is 4.33. The zero-order valence-electron chi connectivity index (χ0n) is 9.07. The van der Waals surface area contributed by atoms with Crippen LogP contribution in [-0.2, 0) is 9.59 Å². The fourth-order valence-electron chi connectivity index (χ4n) is 0.918. The van der Waals surface area contributed by atoms with Crippen LogP contribution in [0, 0.1) is 11.8 Å². The minimum absolute atomic E-state index is 0.0367. The van der Waals surface area contributed by atoms with Crippen LogP contribution in [0.15, 0.2) is 0 Å². The van der Waals surface area contributed by atoms with Gasteiger partial charge in [-0.2, -0.15) is 0 Å². The molecule has 0 heterocycles. The summed E-state index contributed by atoms with van der Waals surface area (Å²) in [4.78, 5) is 23.8. The molecule has 2 atom stereocenters. The second kappa shape index (κ2) is 5.00. The molecule has 0 saturated heterocycles. The van der Waals surface area contributed by atoms with Crippen molar-refractivity contribution < 1.29 is 9.59 Å². The molecule has 0 aromatic heterocycles.